The van der Waals surface area contributed by atoms with Gasteiger partial charge in [-0.05, 0) is 38.9 Å². The Bertz CT molecular complexity index is 570. The van der Waals surface area contributed by atoms with Crippen LogP contribution in [-0.2, 0) is 6.54 Å². The fourth-order valence-electron chi connectivity index (χ4n) is 2.85. The first-order valence-electron chi connectivity index (χ1n) is 7.37. The van der Waals surface area contributed by atoms with Gasteiger partial charge >= 0.3 is 0 Å². The molecule has 21 heavy (non-hydrogen) atoms. The minimum Gasteiger partial charge on any atom is -0.360 e. The number of aromatic nitrogens is 3. The largest absolute Gasteiger partial charge is 0.360 e. The average Bonchev–Trinajstić information content (AvgIpc) is 2.93. The Hall–Kier alpha value is -1.95. The first kappa shape index (κ1) is 14.0. The van der Waals surface area contributed by atoms with E-state index in [0.29, 0.717) is 6.04 Å². The molecule has 2 aromatic rings. The molecule has 0 amide bonds. The second-order valence-electron chi connectivity index (χ2n) is 5.67. The van der Waals surface area contributed by atoms with Gasteiger partial charge in [0.25, 0.3) is 0 Å². The molecule has 0 radical (unpaired) electrons. The van der Waals surface area contributed by atoms with Crippen molar-refractivity contribution in [3.8, 4) is 0 Å². The fraction of sp³-hybridized carbons (Fsp3) is 0.533. The Balaban J connectivity index is 1.62. The molecule has 0 N–H and O–H groups in total. The van der Waals surface area contributed by atoms with Crippen molar-refractivity contribution in [3.05, 3.63) is 35.9 Å². The molecule has 6 heteroatoms. The van der Waals surface area contributed by atoms with Crippen molar-refractivity contribution in [3.63, 3.8) is 0 Å². The van der Waals surface area contributed by atoms with E-state index in [1.807, 2.05) is 25.1 Å². The molecule has 1 saturated heterocycles. The molecular weight excluding hydrogens is 266 g/mol. The molecule has 1 atom stereocenters. The highest BCUT2D eigenvalue weighted by Crippen LogP contribution is 2.20. The second-order valence-corrected chi connectivity index (χ2v) is 5.67. The van der Waals surface area contributed by atoms with Gasteiger partial charge in [0.2, 0.25) is 0 Å². The summed E-state index contributed by atoms with van der Waals surface area (Å²) in [5.41, 5.74) is 0.934. The van der Waals surface area contributed by atoms with E-state index < -0.39 is 0 Å². The lowest BCUT2D eigenvalue weighted by Gasteiger charge is -2.37. The SMILES string of the molecule is Cc1cc(CN(C)[C@@H]2CCCN(c3cccnn3)C2)on1. The predicted octanol–water partition coefficient (Wildman–Crippen LogP) is 1.87. The molecule has 2 aromatic heterocycles. The van der Waals surface area contributed by atoms with Crippen LogP contribution in [0.2, 0.25) is 0 Å². The zero-order valence-corrected chi connectivity index (χ0v) is 12.6. The van der Waals surface area contributed by atoms with Crippen molar-refractivity contribution >= 4 is 5.82 Å². The summed E-state index contributed by atoms with van der Waals surface area (Å²) in [6, 6.07) is 6.45. The summed E-state index contributed by atoms with van der Waals surface area (Å²) >= 11 is 0. The zero-order valence-electron chi connectivity index (χ0n) is 12.6. The van der Waals surface area contributed by atoms with E-state index in [4.69, 9.17) is 4.52 Å². The highest BCUT2D eigenvalue weighted by molar-refractivity contribution is 5.37. The van der Waals surface area contributed by atoms with Gasteiger partial charge in [-0.3, -0.25) is 4.90 Å². The lowest BCUT2D eigenvalue weighted by atomic mass is 10.0. The summed E-state index contributed by atoms with van der Waals surface area (Å²) in [6.45, 7) is 4.76. The molecule has 0 bridgehead atoms. The summed E-state index contributed by atoms with van der Waals surface area (Å²) in [7, 11) is 2.14. The van der Waals surface area contributed by atoms with Crippen LogP contribution >= 0.6 is 0 Å². The Morgan fingerprint density at radius 1 is 1.48 bits per heavy atom. The van der Waals surface area contributed by atoms with Crippen LogP contribution in [0.3, 0.4) is 0 Å². The molecule has 1 fully saturated rings. The number of hydrogen-bond donors (Lipinski definition) is 0. The molecule has 1 aliphatic rings. The van der Waals surface area contributed by atoms with Gasteiger partial charge in [0, 0.05) is 31.4 Å². The lowest BCUT2D eigenvalue weighted by molar-refractivity contribution is 0.186. The van der Waals surface area contributed by atoms with Gasteiger partial charge in [-0.1, -0.05) is 5.16 Å². The Kier molecular flexibility index (Phi) is 4.15. The third-order valence-electron chi connectivity index (χ3n) is 3.98. The third-order valence-corrected chi connectivity index (χ3v) is 3.98. The molecule has 0 saturated carbocycles. The van der Waals surface area contributed by atoms with Gasteiger partial charge in [0.15, 0.2) is 11.6 Å². The summed E-state index contributed by atoms with van der Waals surface area (Å²) in [5, 5.41) is 12.1. The van der Waals surface area contributed by atoms with Crippen molar-refractivity contribution in [2.45, 2.75) is 32.4 Å². The Labute approximate surface area is 124 Å². The van der Waals surface area contributed by atoms with Crippen molar-refractivity contribution in [1.82, 2.24) is 20.3 Å². The normalized spacial score (nSPS) is 19.2. The summed E-state index contributed by atoms with van der Waals surface area (Å²) in [5.74, 6) is 1.89. The molecule has 0 unspecified atom stereocenters. The van der Waals surface area contributed by atoms with Crippen molar-refractivity contribution in [1.29, 1.82) is 0 Å². The standard InChI is InChI=1S/C15H21N5O/c1-12-9-14(21-18-12)11-19(2)13-5-4-8-20(10-13)15-6-3-7-16-17-15/h3,6-7,9,13H,4-5,8,10-11H2,1-2H3/t13-/m1/s1. The molecule has 6 nitrogen and oxygen atoms in total. The van der Waals surface area contributed by atoms with E-state index in [1.165, 1.54) is 12.8 Å². The number of anilines is 1. The maximum Gasteiger partial charge on any atom is 0.151 e. The topological polar surface area (TPSA) is 58.3 Å². The van der Waals surface area contributed by atoms with E-state index >= 15 is 0 Å². The molecule has 3 rings (SSSR count). The van der Waals surface area contributed by atoms with Crippen LogP contribution in [0.5, 0.6) is 0 Å². The molecule has 1 aliphatic heterocycles. The van der Waals surface area contributed by atoms with Gasteiger partial charge in [-0.2, -0.15) is 5.10 Å². The lowest BCUT2D eigenvalue weighted by Crippen LogP contribution is -2.46. The maximum atomic E-state index is 5.31. The molecule has 3 heterocycles. The molecule has 0 spiro atoms. The van der Waals surface area contributed by atoms with Gasteiger partial charge in [-0.15, -0.1) is 5.10 Å². The van der Waals surface area contributed by atoms with Crippen LogP contribution in [-0.4, -0.2) is 46.4 Å². The quantitative estimate of drug-likeness (QED) is 0.855. The van der Waals surface area contributed by atoms with Crippen molar-refractivity contribution < 1.29 is 4.52 Å². The minimum atomic E-state index is 0.492. The summed E-state index contributed by atoms with van der Waals surface area (Å²) in [4.78, 5) is 4.64. The van der Waals surface area contributed by atoms with Crippen molar-refractivity contribution in [2.75, 3.05) is 25.0 Å². The number of aryl methyl sites for hydroxylation is 1. The monoisotopic (exact) mass is 287 g/mol. The van der Waals surface area contributed by atoms with Crippen LogP contribution in [0, 0.1) is 6.92 Å². The van der Waals surface area contributed by atoms with E-state index in [1.54, 1.807) is 6.20 Å². The van der Waals surface area contributed by atoms with Gasteiger partial charge in [0.05, 0.1) is 12.2 Å². The number of likely N-dealkylation sites (N-methyl/N-ethyl adjacent to an activating group) is 1. The van der Waals surface area contributed by atoms with Crippen LogP contribution in [0.25, 0.3) is 0 Å². The van der Waals surface area contributed by atoms with Gasteiger partial charge in [0.1, 0.15) is 0 Å². The number of nitrogens with zero attached hydrogens (tertiary/aromatic N) is 5. The average molecular weight is 287 g/mol. The minimum absolute atomic E-state index is 0.492. The second kappa shape index (κ2) is 6.22. The molecule has 0 aliphatic carbocycles. The number of piperidine rings is 1. The van der Waals surface area contributed by atoms with Crippen LogP contribution in [0.4, 0.5) is 5.82 Å². The van der Waals surface area contributed by atoms with Crippen molar-refractivity contribution in [2.24, 2.45) is 0 Å². The Morgan fingerprint density at radius 3 is 3.10 bits per heavy atom. The maximum absolute atomic E-state index is 5.31. The highest BCUT2D eigenvalue weighted by atomic mass is 16.5. The summed E-state index contributed by atoms with van der Waals surface area (Å²) < 4.78 is 5.31. The molecular formula is C15H21N5O. The Morgan fingerprint density at radius 2 is 2.38 bits per heavy atom. The van der Waals surface area contributed by atoms with Gasteiger partial charge in [-0.25, -0.2) is 0 Å². The van der Waals surface area contributed by atoms with E-state index in [9.17, 15) is 0 Å². The van der Waals surface area contributed by atoms with E-state index in [2.05, 4.69) is 32.2 Å². The number of hydrogen-bond acceptors (Lipinski definition) is 6. The zero-order chi connectivity index (χ0) is 14.7. The van der Waals surface area contributed by atoms with Gasteiger partial charge < -0.3 is 9.42 Å². The third kappa shape index (κ3) is 3.39. The number of rotatable bonds is 4. The van der Waals surface area contributed by atoms with E-state index in [-0.39, 0.29) is 0 Å². The van der Waals surface area contributed by atoms with Crippen LogP contribution < -0.4 is 4.90 Å². The predicted molar refractivity (Wildman–Crippen MR) is 80.0 cm³/mol. The van der Waals surface area contributed by atoms with Crippen LogP contribution in [0.15, 0.2) is 28.9 Å². The first-order valence-corrected chi connectivity index (χ1v) is 7.37. The summed E-state index contributed by atoms with van der Waals surface area (Å²) in [6.07, 6.45) is 4.07. The molecule has 112 valence electrons. The smallest absolute Gasteiger partial charge is 0.151 e. The van der Waals surface area contributed by atoms with Crippen LogP contribution in [0.1, 0.15) is 24.3 Å². The molecule has 0 aromatic carbocycles. The first-order chi connectivity index (χ1) is 10.2. The fourth-order valence-corrected chi connectivity index (χ4v) is 2.85. The highest BCUT2D eigenvalue weighted by Gasteiger charge is 2.24. The van der Waals surface area contributed by atoms with E-state index in [0.717, 1.165) is 36.9 Å².